The van der Waals surface area contributed by atoms with Gasteiger partial charge in [0.15, 0.2) is 5.13 Å². The molecule has 7 nitrogen and oxygen atoms in total. The Kier molecular flexibility index (Phi) is 3.99. The first-order valence-corrected chi connectivity index (χ1v) is 9.32. The highest BCUT2D eigenvalue weighted by Crippen LogP contribution is 2.31. The lowest BCUT2D eigenvalue weighted by Gasteiger charge is -2.36. The summed E-state index contributed by atoms with van der Waals surface area (Å²) >= 11 is 1.74. The second-order valence-electron chi connectivity index (χ2n) is 6.55. The van der Waals surface area contributed by atoms with Crippen LogP contribution < -0.4 is 4.90 Å². The quantitative estimate of drug-likeness (QED) is 0.894. The Bertz CT molecular complexity index is 726. The van der Waals surface area contributed by atoms with E-state index in [1.165, 1.54) is 4.88 Å². The van der Waals surface area contributed by atoms with Crippen LogP contribution >= 0.6 is 11.3 Å². The molecule has 0 spiro atoms. The number of thiazole rings is 1. The molecule has 0 bridgehead atoms. The number of hydrogen-bond acceptors (Lipinski definition) is 6. The summed E-state index contributed by atoms with van der Waals surface area (Å²) in [4.78, 5) is 23.1. The molecule has 1 saturated heterocycles. The molecule has 0 radical (unpaired) electrons. The minimum Gasteiger partial charge on any atom is -0.345 e. The van der Waals surface area contributed by atoms with Crippen LogP contribution in [0.4, 0.5) is 5.13 Å². The Balaban J connectivity index is 1.42. The summed E-state index contributed by atoms with van der Waals surface area (Å²) in [5, 5.41) is 12.2. The standard InChI is InChI=1S/C16H22N6OS/c1-10-11(2)24-16(17-10)22-8-6-21(7-9-22)15(23)12-4-3-5-13-14(12)19-20-18-13/h12H,3-9H2,1-2H3,(H,18,19,20). The van der Waals surface area contributed by atoms with Gasteiger partial charge >= 0.3 is 0 Å². The molecule has 3 heterocycles. The maximum Gasteiger partial charge on any atom is 0.231 e. The van der Waals surface area contributed by atoms with E-state index in [0.29, 0.717) is 0 Å². The van der Waals surface area contributed by atoms with Crippen LogP contribution in [0.5, 0.6) is 0 Å². The van der Waals surface area contributed by atoms with Crippen LogP contribution in [-0.4, -0.2) is 57.4 Å². The summed E-state index contributed by atoms with van der Waals surface area (Å²) in [7, 11) is 0. The van der Waals surface area contributed by atoms with Crippen molar-refractivity contribution in [2.24, 2.45) is 0 Å². The third-order valence-electron chi connectivity index (χ3n) is 5.06. The van der Waals surface area contributed by atoms with Gasteiger partial charge in [-0.05, 0) is 33.1 Å². The number of hydrogen-bond donors (Lipinski definition) is 1. The van der Waals surface area contributed by atoms with Crippen molar-refractivity contribution in [1.29, 1.82) is 0 Å². The van der Waals surface area contributed by atoms with Gasteiger partial charge in [-0.15, -0.1) is 11.3 Å². The third-order valence-corrected chi connectivity index (χ3v) is 6.20. The number of piperazine rings is 1. The first kappa shape index (κ1) is 15.6. The molecular weight excluding hydrogens is 324 g/mol. The van der Waals surface area contributed by atoms with E-state index in [9.17, 15) is 4.79 Å². The number of amides is 1. The second kappa shape index (κ2) is 6.16. The largest absolute Gasteiger partial charge is 0.345 e. The maximum atomic E-state index is 12.9. The summed E-state index contributed by atoms with van der Waals surface area (Å²) in [6.45, 7) is 7.34. The lowest BCUT2D eigenvalue weighted by Crippen LogP contribution is -2.50. The highest BCUT2D eigenvalue weighted by molar-refractivity contribution is 7.15. The van der Waals surface area contributed by atoms with Crippen LogP contribution in [0.2, 0.25) is 0 Å². The number of aromatic nitrogens is 4. The minimum absolute atomic E-state index is 0.122. The number of carbonyl (C=O) groups is 1. The highest BCUT2D eigenvalue weighted by atomic mass is 32.1. The van der Waals surface area contributed by atoms with E-state index < -0.39 is 0 Å². The fourth-order valence-electron chi connectivity index (χ4n) is 3.50. The number of nitrogens with one attached hydrogen (secondary N) is 1. The molecular formula is C16H22N6OS. The molecule has 1 aliphatic heterocycles. The van der Waals surface area contributed by atoms with Crippen molar-refractivity contribution >= 4 is 22.4 Å². The number of fused-ring (bicyclic) bond motifs is 1. The summed E-state index contributed by atoms with van der Waals surface area (Å²) in [6.07, 6.45) is 2.81. The molecule has 1 atom stereocenters. The monoisotopic (exact) mass is 346 g/mol. The van der Waals surface area contributed by atoms with Crippen LogP contribution in [0, 0.1) is 13.8 Å². The van der Waals surface area contributed by atoms with Crippen molar-refractivity contribution < 1.29 is 4.79 Å². The normalized spacial score (nSPS) is 21.0. The van der Waals surface area contributed by atoms with E-state index >= 15 is 0 Å². The SMILES string of the molecule is Cc1nc(N2CCN(C(=O)C3CCCc4n[nH]nc43)CC2)sc1C. The first-order chi connectivity index (χ1) is 11.6. The molecule has 24 heavy (non-hydrogen) atoms. The Hall–Kier alpha value is -1.96. The van der Waals surface area contributed by atoms with E-state index in [1.54, 1.807) is 11.3 Å². The van der Waals surface area contributed by atoms with Crippen molar-refractivity contribution in [3.8, 4) is 0 Å². The van der Waals surface area contributed by atoms with E-state index in [1.807, 2.05) is 11.8 Å². The molecule has 2 aromatic heterocycles. The Morgan fingerprint density at radius 3 is 2.71 bits per heavy atom. The molecule has 8 heteroatoms. The first-order valence-electron chi connectivity index (χ1n) is 8.51. The van der Waals surface area contributed by atoms with Crippen molar-refractivity contribution in [3.05, 3.63) is 22.0 Å². The number of aryl methyl sites for hydroxylation is 3. The second-order valence-corrected chi connectivity index (χ2v) is 7.73. The molecule has 2 aliphatic rings. The van der Waals surface area contributed by atoms with Gasteiger partial charge in [0.05, 0.1) is 23.0 Å². The van der Waals surface area contributed by atoms with Gasteiger partial charge in [-0.25, -0.2) is 4.98 Å². The summed E-state index contributed by atoms with van der Waals surface area (Å²) < 4.78 is 0. The number of carbonyl (C=O) groups excluding carboxylic acids is 1. The number of anilines is 1. The highest BCUT2D eigenvalue weighted by Gasteiger charge is 2.34. The van der Waals surface area contributed by atoms with Crippen molar-refractivity contribution in [3.63, 3.8) is 0 Å². The van der Waals surface area contributed by atoms with Crippen molar-refractivity contribution in [2.75, 3.05) is 31.1 Å². The van der Waals surface area contributed by atoms with Gasteiger partial charge < -0.3 is 9.80 Å². The van der Waals surface area contributed by atoms with Crippen molar-refractivity contribution in [2.45, 2.75) is 39.0 Å². The molecule has 4 rings (SSSR count). The van der Waals surface area contributed by atoms with E-state index in [4.69, 9.17) is 0 Å². The average molecular weight is 346 g/mol. The maximum absolute atomic E-state index is 12.9. The van der Waals surface area contributed by atoms with Crippen LogP contribution in [0.3, 0.4) is 0 Å². The topological polar surface area (TPSA) is 78.0 Å². The van der Waals surface area contributed by atoms with E-state index in [2.05, 4.69) is 32.2 Å². The zero-order valence-corrected chi connectivity index (χ0v) is 14.9. The Morgan fingerprint density at radius 1 is 1.21 bits per heavy atom. The molecule has 1 amide bonds. The average Bonchev–Trinajstić information content (AvgIpc) is 3.21. The van der Waals surface area contributed by atoms with Gasteiger partial charge in [-0.1, -0.05) is 0 Å². The third kappa shape index (κ3) is 2.68. The van der Waals surface area contributed by atoms with Gasteiger partial charge in [0.25, 0.3) is 0 Å². The number of H-pyrrole nitrogens is 1. The lowest BCUT2D eigenvalue weighted by molar-refractivity contribution is -0.133. The van der Waals surface area contributed by atoms with Gasteiger partial charge in [0.1, 0.15) is 0 Å². The van der Waals surface area contributed by atoms with Gasteiger partial charge in [0.2, 0.25) is 5.91 Å². The molecule has 1 aliphatic carbocycles. The Labute approximate surface area is 145 Å². The number of aromatic amines is 1. The minimum atomic E-state index is -0.122. The van der Waals surface area contributed by atoms with Crippen molar-refractivity contribution in [1.82, 2.24) is 25.3 Å². The predicted octanol–water partition coefficient (Wildman–Crippen LogP) is 1.65. The molecule has 1 fully saturated rings. The molecule has 1 N–H and O–H groups in total. The molecule has 0 aromatic carbocycles. The molecule has 0 saturated carbocycles. The Morgan fingerprint density at radius 2 is 2.00 bits per heavy atom. The van der Waals surface area contributed by atoms with Crippen LogP contribution in [-0.2, 0) is 11.2 Å². The zero-order valence-electron chi connectivity index (χ0n) is 14.1. The number of rotatable bonds is 2. The lowest BCUT2D eigenvalue weighted by atomic mass is 9.88. The fraction of sp³-hybridized carbons (Fsp3) is 0.625. The van der Waals surface area contributed by atoms with E-state index in [-0.39, 0.29) is 11.8 Å². The molecule has 128 valence electrons. The predicted molar refractivity (Wildman–Crippen MR) is 92.4 cm³/mol. The summed E-state index contributed by atoms with van der Waals surface area (Å²) in [5.41, 5.74) is 2.93. The van der Waals surface area contributed by atoms with Crippen LogP contribution in [0.15, 0.2) is 0 Å². The number of nitrogens with zero attached hydrogens (tertiary/aromatic N) is 5. The molecule has 1 unspecified atom stereocenters. The van der Waals surface area contributed by atoms with Crippen LogP contribution in [0.25, 0.3) is 0 Å². The zero-order chi connectivity index (χ0) is 16.7. The van der Waals surface area contributed by atoms with E-state index in [0.717, 1.165) is 67.7 Å². The van der Waals surface area contributed by atoms with Crippen LogP contribution in [0.1, 0.15) is 40.7 Å². The summed E-state index contributed by atoms with van der Waals surface area (Å²) in [5.74, 6) is 0.0828. The van der Waals surface area contributed by atoms with Gasteiger partial charge in [0, 0.05) is 31.1 Å². The van der Waals surface area contributed by atoms with Gasteiger partial charge in [-0.3, -0.25) is 4.79 Å². The smallest absolute Gasteiger partial charge is 0.231 e. The molecule has 2 aromatic rings. The fourth-order valence-corrected chi connectivity index (χ4v) is 4.47. The summed E-state index contributed by atoms with van der Waals surface area (Å²) in [6, 6.07) is 0. The van der Waals surface area contributed by atoms with Gasteiger partial charge in [-0.2, -0.15) is 15.4 Å².